The summed E-state index contributed by atoms with van der Waals surface area (Å²) in [5, 5.41) is 10.2. The van der Waals surface area contributed by atoms with E-state index in [1.807, 2.05) is 0 Å². The molecule has 6 aromatic rings. The lowest BCUT2D eigenvalue weighted by atomic mass is 9.67. The highest BCUT2D eigenvalue weighted by atomic mass is 16.3. The van der Waals surface area contributed by atoms with Crippen LogP contribution < -0.4 is 0 Å². The summed E-state index contributed by atoms with van der Waals surface area (Å²) >= 11 is 0. The van der Waals surface area contributed by atoms with Crippen molar-refractivity contribution in [1.29, 1.82) is 0 Å². The Bertz CT molecular complexity index is 1650. The monoisotopic (exact) mass is 486 g/mol. The smallest absolute Gasteiger partial charge is 0.115 e. The molecule has 0 radical (unpaired) electrons. The van der Waals surface area contributed by atoms with Crippen molar-refractivity contribution in [2.75, 3.05) is 0 Å². The van der Waals surface area contributed by atoms with Crippen molar-refractivity contribution in [2.45, 2.75) is 5.41 Å². The van der Waals surface area contributed by atoms with Gasteiger partial charge in [-0.05, 0) is 79.9 Å². The first-order valence-corrected chi connectivity index (χ1v) is 13.0. The van der Waals surface area contributed by atoms with E-state index in [9.17, 15) is 5.11 Å². The Balaban J connectivity index is 1.57. The highest BCUT2D eigenvalue weighted by molar-refractivity contribution is 5.91. The molecule has 1 aliphatic rings. The average molecular weight is 487 g/mol. The maximum absolute atomic E-state index is 10.2. The molecule has 1 heteroatoms. The van der Waals surface area contributed by atoms with Crippen LogP contribution in [0.1, 0.15) is 22.3 Å². The van der Waals surface area contributed by atoms with Gasteiger partial charge in [-0.25, -0.2) is 0 Å². The zero-order valence-electron chi connectivity index (χ0n) is 20.9. The Kier molecular flexibility index (Phi) is 5.23. The van der Waals surface area contributed by atoms with Gasteiger partial charge in [0.25, 0.3) is 0 Å². The third-order valence-corrected chi connectivity index (χ3v) is 7.86. The molecule has 0 heterocycles. The Hall–Kier alpha value is -4.88. The van der Waals surface area contributed by atoms with Crippen LogP contribution in [0.2, 0.25) is 0 Å². The van der Waals surface area contributed by atoms with Crippen molar-refractivity contribution in [3.63, 3.8) is 0 Å². The normalized spacial score (nSPS) is 13.1. The van der Waals surface area contributed by atoms with Gasteiger partial charge in [0, 0.05) is 0 Å². The first kappa shape index (κ1) is 22.3. The molecule has 38 heavy (non-hydrogen) atoms. The van der Waals surface area contributed by atoms with Gasteiger partial charge in [-0.15, -0.1) is 0 Å². The maximum atomic E-state index is 10.2. The summed E-state index contributed by atoms with van der Waals surface area (Å²) in [7, 11) is 0. The first-order valence-electron chi connectivity index (χ1n) is 13.0. The fourth-order valence-corrected chi connectivity index (χ4v) is 6.14. The molecular weight excluding hydrogens is 460 g/mol. The molecule has 0 unspecified atom stereocenters. The molecule has 0 aliphatic heterocycles. The van der Waals surface area contributed by atoms with Crippen LogP contribution in [0.5, 0.6) is 5.75 Å². The zero-order chi connectivity index (χ0) is 25.5. The SMILES string of the molecule is Oc1ccc(C2(c3ccccc3)c3ccc(-c4ccccc4)cc3-c3cc(-c4ccccc4)ccc32)cc1. The molecule has 1 N–H and O–H groups in total. The lowest BCUT2D eigenvalue weighted by Crippen LogP contribution is -2.28. The molecule has 0 aromatic heterocycles. The number of aromatic hydroxyl groups is 1. The molecule has 7 rings (SSSR count). The highest BCUT2D eigenvalue weighted by Crippen LogP contribution is 2.57. The quantitative estimate of drug-likeness (QED) is 0.263. The fourth-order valence-electron chi connectivity index (χ4n) is 6.14. The summed E-state index contributed by atoms with van der Waals surface area (Å²) in [5.41, 5.74) is 11.7. The van der Waals surface area contributed by atoms with Crippen molar-refractivity contribution in [1.82, 2.24) is 0 Å². The molecule has 1 nitrogen and oxygen atoms in total. The van der Waals surface area contributed by atoms with Gasteiger partial charge in [0.1, 0.15) is 5.75 Å². The van der Waals surface area contributed by atoms with Crippen molar-refractivity contribution < 1.29 is 5.11 Å². The minimum absolute atomic E-state index is 0.272. The molecule has 0 atom stereocenters. The molecule has 0 saturated heterocycles. The number of phenolic OH excluding ortho intramolecular Hbond substituents is 1. The van der Waals surface area contributed by atoms with E-state index in [-0.39, 0.29) is 5.75 Å². The van der Waals surface area contributed by atoms with E-state index in [0.717, 1.165) is 5.56 Å². The molecule has 0 fully saturated rings. The molecule has 1 aliphatic carbocycles. The van der Waals surface area contributed by atoms with Crippen LogP contribution in [0.3, 0.4) is 0 Å². The second-order valence-electron chi connectivity index (χ2n) is 9.92. The van der Waals surface area contributed by atoms with E-state index >= 15 is 0 Å². The van der Waals surface area contributed by atoms with E-state index in [1.165, 1.54) is 50.1 Å². The van der Waals surface area contributed by atoms with E-state index < -0.39 is 5.41 Å². The topological polar surface area (TPSA) is 20.2 Å². The predicted octanol–water partition coefficient (Wildman–Crippen LogP) is 9.09. The molecular formula is C37H26O. The van der Waals surface area contributed by atoms with Crippen LogP contribution in [0, 0.1) is 0 Å². The van der Waals surface area contributed by atoms with Crippen molar-refractivity contribution in [3.8, 4) is 39.1 Å². The van der Waals surface area contributed by atoms with Crippen molar-refractivity contribution >= 4 is 0 Å². The lowest BCUT2D eigenvalue weighted by molar-refractivity contribution is 0.475. The van der Waals surface area contributed by atoms with Gasteiger partial charge in [-0.1, -0.05) is 127 Å². The number of rotatable bonds is 4. The highest BCUT2D eigenvalue weighted by Gasteiger charge is 2.46. The second-order valence-corrected chi connectivity index (χ2v) is 9.92. The van der Waals surface area contributed by atoms with E-state index in [0.29, 0.717) is 0 Å². The van der Waals surface area contributed by atoms with Gasteiger partial charge >= 0.3 is 0 Å². The summed E-state index contributed by atoms with van der Waals surface area (Å²) < 4.78 is 0. The largest absolute Gasteiger partial charge is 0.508 e. The van der Waals surface area contributed by atoms with Crippen LogP contribution in [-0.4, -0.2) is 5.11 Å². The fraction of sp³-hybridized carbons (Fsp3) is 0.0270. The third-order valence-electron chi connectivity index (χ3n) is 7.86. The average Bonchev–Trinajstić information content (AvgIpc) is 3.29. The Morgan fingerprint density at radius 1 is 0.368 bits per heavy atom. The minimum atomic E-state index is -0.496. The summed E-state index contributed by atoms with van der Waals surface area (Å²) in [4.78, 5) is 0. The standard InChI is InChI=1S/C37H26O/c38-32-20-18-31(19-21-32)37(30-14-8-3-9-15-30)35-22-16-28(26-10-4-1-5-11-26)24-33(35)34-25-29(17-23-36(34)37)27-12-6-2-7-13-27/h1-25,38H. The Morgan fingerprint density at radius 2 is 0.789 bits per heavy atom. The van der Waals surface area contributed by atoms with Gasteiger partial charge in [-0.2, -0.15) is 0 Å². The summed E-state index contributed by atoms with van der Waals surface area (Å²) in [5.74, 6) is 0.272. The Labute approximate surface area is 223 Å². The van der Waals surface area contributed by atoms with E-state index in [1.54, 1.807) is 12.1 Å². The maximum Gasteiger partial charge on any atom is 0.115 e. The van der Waals surface area contributed by atoms with E-state index in [2.05, 4.69) is 140 Å². The number of benzene rings is 6. The van der Waals surface area contributed by atoms with Crippen molar-refractivity contribution in [2.24, 2.45) is 0 Å². The summed E-state index contributed by atoms with van der Waals surface area (Å²) in [6.07, 6.45) is 0. The molecule has 0 saturated carbocycles. The van der Waals surface area contributed by atoms with Gasteiger partial charge in [0.05, 0.1) is 5.41 Å². The molecule has 0 amide bonds. The zero-order valence-corrected chi connectivity index (χ0v) is 20.9. The Morgan fingerprint density at radius 3 is 1.26 bits per heavy atom. The predicted molar refractivity (Wildman–Crippen MR) is 156 cm³/mol. The molecule has 0 bridgehead atoms. The lowest BCUT2D eigenvalue weighted by Gasteiger charge is -2.34. The van der Waals surface area contributed by atoms with Crippen LogP contribution in [0.25, 0.3) is 33.4 Å². The molecule has 0 spiro atoms. The van der Waals surface area contributed by atoms with Gasteiger partial charge in [0.2, 0.25) is 0 Å². The van der Waals surface area contributed by atoms with Crippen LogP contribution in [0.4, 0.5) is 0 Å². The third kappa shape index (κ3) is 3.40. The van der Waals surface area contributed by atoms with E-state index in [4.69, 9.17) is 0 Å². The minimum Gasteiger partial charge on any atom is -0.508 e. The number of phenols is 1. The van der Waals surface area contributed by atoms with Gasteiger partial charge < -0.3 is 5.11 Å². The molecule has 180 valence electrons. The number of fused-ring (bicyclic) bond motifs is 3. The second kappa shape index (κ2) is 8.90. The van der Waals surface area contributed by atoms with Gasteiger partial charge in [0.15, 0.2) is 0 Å². The molecule has 6 aromatic carbocycles. The van der Waals surface area contributed by atoms with Crippen LogP contribution >= 0.6 is 0 Å². The number of hydrogen-bond donors (Lipinski definition) is 1. The summed E-state index contributed by atoms with van der Waals surface area (Å²) in [6, 6.07) is 53.5. The van der Waals surface area contributed by atoms with Crippen LogP contribution in [0.15, 0.2) is 152 Å². The number of hydrogen-bond acceptors (Lipinski definition) is 1. The van der Waals surface area contributed by atoms with Gasteiger partial charge in [-0.3, -0.25) is 0 Å². The van der Waals surface area contributed by atoms with Crippen molar-refractivity contribution in [3.05, 3.63) is 174 Å². The first-order chi connectivity index (χ1) is 18.7. The van der Waals surface area contributed by atoms with Crippen LogP contribution in [-0.2, 0) is 5.41 Å². The summed E-state index contributed by atoms with van der Waals surface area (Å²) in [6.45, 7) is 0.